The topological polar surface area (TPSA) is 24.1 Å². The lowest BCUT2D eigenvalue weighted by Gasteiger charge is -2.20. The summed E-state index contributed by atoms with van der Waals surface area (Å²) in [6.07, 6.45) is 5.42. The van der Waals surface area contributed by atoms with E-state index < -0.39 is 0 Å². The summed E-state index contributed by atoms with van der Waals surface area (Å²) in [6.45, 7) is 11.2. The molecular formula is C13H28N2. The number of nitrogens with one attached hydrogen (secondary N) is 2. The highest BCUT2D eigenvalue weighted by Gasteiger charge is 2.34. The van der Waals surface area contributed by atoms with E-state index in [1.165, 1.54) is 32.2 Å². The zero-order valence-corrected chi connectivity index (χ0v) is 10.9. The van der Waals surface area contributed by atoms with Gasteiger partial charge in [-0.1, -0.05) is 13.3 Å². The zero-order valence-electron chi connectivity index (χ0n) is 10.9. The molecule has 2 unspecified atom stereocenters. The van der Waals surface area contributed by atoms with Gasteiger partial charge in [-0.2, -0.15) is 0 Å². The number of hydrogen-bond donors (Lipinski definition) is 2. The van der Waals surface area contributed by atoms with Gasteiger partial charge in [0.15, 0.2) is 0 Å². The third kappa shape index (κ3) is 6.16. The SMILES string of the molecule is CCCC1CC1NCCCNC(C)(C)C. The molecule has 0 spiro atoms. The van der Waals surface area contributed by atoms with E-state index in [0.717, 1.165) is 18.5 Å². The van der Waals surface area contributed by atoms with Crippen LogP contribution in [0.4, 0.5) is 0 Å². The first kappa shape index (κ1) is 13.0. The van der Waals surface area contributed by atoms with Crippen LogP contribution in [-0.2, 0) is 0 Å². The second kappa shape index (κ2) is 5.86. The van der Waals surface area contributed by atoms with Gasteiger partial charge in [-0.3, -0.25) is 0 Å². The maximum atomic E-state index is 3.64. The van der Waals surface area contributed by atoms with Crippen molar-refractivity contribution in [3.63, 3.8) is 0 Å². The largest absolute Gasteiger partial charge is 0.314 e. The summed E-state index contributed by atoms with van der Waals surface area (Å²) in [6, 6.07) is 0.847. The van der Waals surface area contributed by atoms with E-state index in [2.05, 4.69) is 38.3 Å². The molecule has 0 radical (unpaired) electrons. The summed E-state index contributed by atoms with van der Waals surface area (Å²) in [7, 11) is 0. The fraction of sp³-hybridized carbons (Fsp3) is 1.00. The highest BCUT2D eigenvalue weighted by molar-refractivity contribution is 4.92. The molecule has 2 nitrogen and oxygen atoms in total. The molecule has 0 saturated heterocycles. The third-order valence-electron chi connectivity index (χ3n) is 3.00. The first-order valence-electron chi connectivity index (χ1n) is 6.51. The molecule has 1 fully saturated rings. The van der Waals surface area contributed by atoms with E-state index in [0.29, 0.717) is 0 Å². The van der Waals surface area contributed by atoms with E-state index in [4.69, 9.17) is 0 Å². The zero-order chi connectivity index (χ0) is 11.3. The second-order valence-electron chi connectivity index (χ2n) is 5.88. The van der Waals surface area contributed by atoms with Crippen molar-refractivity contribution in [3.8, 4) is 0 Å². The molecule has 0 aliphatic heterocycles. The molecule has 0 amide bonds. The maximum absolute atomic E-state index is 3.64. The average Bonchev–Trinajstić information content (AvgIpc) is 2.82. The van der Waals surface area contributed by atoms with Crippen molar-refractivity contribution in [1.82, 2.24) is 10.6 Å². The molecule has 0 heterocycles. The van der Waals surface area contributed by atoms with Crippen LogP contribution in [0.3, 0.4) is 0 Å². The van der Waals surface area contributed by atoms with Gasteiger partial charge in [0.2, 0.25) is 0 Å². The van der Waals surface area contributed by atoms with E-state index >= 15 is 0 Å². The van der Waals surface area contributed by atoms with Crippen LogP contribution in [0.5, 0.6) is 0 Å². The van der Waals surface area contributed by atoms with Gasteiger partial charge in [-0.15, -0.1) is 0 Å². The molecule has 0 aromatic heterocycles. The summed E-state index contributed by atoms with van der Waals surface area (Å²) >= 11 is 0. The van der Waals surface area contributed by atoms with Crippen LogP contribution in [0, 0.1) is 5.92 Å². The lowest BCUT2D eigenvalue weighted by molar-refractivity contribution is 0.417. The minimum absolute atomic E-state index is 0.268. The normalized spacial score (nSPS) is 25.6. The molecule has 2 N–H and O–H groups in total. The van der Waals surface area contributed by atoms with E-state index in [1.807, 2.05) is 0 Å². The molecule has 2 atom stereocenters. The summed E-state index contributed by atoms with van der Waals surface area (Å²) < 4.78 is 0. The molecular weight excluding hydrogens is 184 g/mol. The minimum atomic E-state index is 0.268. The van der Waals surface area contributed by atoms with Gasteiger partial charge in [-0.25, -0.2) is 0 Å². The van der Waals surface area contributed by atoms with Gasteiger partial charge in [0, 0.05) is 11.6 Å². The van der Waals surface area contributed by atoms with Gasteiger partial charge in [0.1, 0.15) is 0 Å². The average molecular weight is 212 g/mol. The quantitative estimate of drug-likeness (QED) is 0.634. The summed E-state index contributed by atoms with van der Waals surface area (Å²) in [4.78, 5) is 0. The van der Waals surface area contributed by atoms with Crippen molar-refractivity contribution in [3.05, 3.63) is 0 Å². The molecule has 0 aromatic rings. The number of hydrogen-bond acceptors (Lipinski definition) is 2. The molecule has 1 aliphatic rings. The van der Waals surface area contributed by atoms with Gasteiger partial charge in [0.05, 0.1) is 0 Å². The Bertz CT molecular complexity index is 172. The van der Waals surface area contributed by atoms with Crippen LogP contribution in [0.25, 0.3) is 0 Å². The monoisotopic (exact) mass is 212 g/mol. The molecule has 1 saturated carbocycles. The van der Waals surface area contributed by atoms with Gasteiger partial charge < -0.3 is 10.6 Å². The second-order valence-corrected chi connectivity index (χ2v) is 5.88. The summed E-state index contributed by atoms with van der Waals surface area (Å²) in [5.41, 5.74) is 0.268. The maximum Gasteiger partial charge on any atom is 0.00991 e. The highest BCUT2D eigenvalue weighted by Crippen LogP contribution is 2.34. The van der Waals surface area contributed by atoms with Crippen LogP contribution in [0.1, 0.15) is 53.4 Å². The van der Waals surface area contributed by atoms with Crippen LogP contribution >= 0.6 is 0 Å². The Hall–Kier alpha value is -0.0800. The molecule has 1 aliphatic carbocycles. The van der Waals surface area contributed by atoms with E-state index in [1.54, 1.807) is 0 Å². The predicted octanol–water partition coefficient (Wildman–Crippen LogP) is 2.54. The molecule has 0 bridgehead atoms. The van der Waals surface area contributed by atoms with Crippen LogP contribution in [0.15, 0.2) is 0 Å². The van der Waals surface area contributed by atoms with E-state index in [9.17, 15) is 0 Å². The van der Waals surface area contributed by atoms with E-state index in [-0.39, 0.29) is 5.54 Å². The van der Waals surface area contributed by atoms with Crippen molar-refractivity contribution in [2.75, 3.05) is 13.1 Å². The Morgan fingerprint density at radius 2 is 1.93 bits per heavy atom. The van der Waals surface area contributed by atoms with Crippen LogP contribution in [0.2, 0.25) is 0 Å². The summed E-state index contributed by atoms with van der Waals surface area (Å²) in [5.74, 6) is 0.991. The molecule has 90 valence electrons. The van der Waals surface area contributed by atoms with Gasteiger partial charge in [-0.05, 0) is 59.0 Å². The lowest BCUT2D eigenvalue weighted by atomic mass is 10.1. The highest BCUT2D eigenvalue weighted by atomic mass is 15.0. The Balaban J connectivity index is 1.87. The molecule has 0 aromatic carbocycles. The third-order valence-corrected chi connectivity index (χ3v) is 3.00. The van der Waals surface area contributed by atoms with Crippen LogP contribution < -0.4 is 10.6 Å². The Kier molecular flexibility index (Phi) is 5.07. The van der Waals surface area contributed by atoms with Crippen molar-refractivity contribution in [2.24, 2.45) is 5.92 Å². The molecule has 2 heteroatoms. The van der Waals surface area contributed by atoms with Crippen molar-refractivity contribution in [1.29, 1.82) is 0 Å². The van der Waals surface area contributed by atoms with Crippen LogP contribution in [-0.4, -0.2) is 24.7 Å². The fourth-order valence-electron chi connectivity index (χ4n) is 2.03. The van der Waals surface area contributed by atoms with Crippen molar-refractivity contribution in [2.45, 2.75) is 65.0 Å². The minimum Gasteiger partial charge on any atom is -0.314 e. The van der Waals surface area contributed by atoms with Gasteiger partial charge in [0.25, 0.3) is 0 Å². The lowest BCUT2D eigenvalue weighted by Crippen LogP contribution is -2.37. The Morgan fingerprint density at radius 3 is 2.53 bits per heavy atom. The fourth-order valence-corrected chi connectivity index (χ4v) is 2.03. The Labute approximate surface area is 95.2 Å². The Morgan fingerprint density at radius 1 is 1.20 bits per heavy atom. The molecule has 15 heavy (non-hydrogen) atoms. The smallest absolute Gasteiger partial charge is 0.00991 e. The first-order valence-corrected chi connectivity index (χ1v) is 6.51. The predicted molar refractivity (Wildman–Crippen MR) is 67.2 cm³/mol. The summed E-state index contributed by atoms with van der Waals surface area (Å²) in [5, 5.41) is 7.15. The van der Waals surface area contributed by atoms with Crippen molar-refractivity contribution < 1.29 is 0 Å². The number of rotatable bonds is 7. The standard InChI is InChI=1S/C13H28N2/c1-5-7-11-10-12(11)14-8-6-9-15-13(2,3)4/h11-12,14-15H,5-10H2,1-4H3. The first-order chi connectivity index (χ1) is 7.03. The molecule has 1 rings (SSSR count). The van der Waals surface area contributed by atoms with Crippen molar-refractivity contribution >= 4 is 0 Å². The van der Waals surface area contributed by atoms with Gasteiger partial charge >= 0.3 is 0 Å².